The van der Waals surface area contributed by atoms with Crippen LogP contribution < -0.4 is 4.74 Å². The summed E-state index contributed by atoms with van der Waals surface area (Å²) in [6, 6.07) is 14.1. The summed E-state index contributed by atoms with van der Waals surface area (Å²) < 4.78 is 11.0. The molecular formula is C16H12BrNO3. The van der Waals surface area contributed by atoms with E-state index in [1.807, 2.05) is 0 Å². The van der Waals surface area contributed by atoms with Gasteiger partial charge in [0.15, 0.2) is 0 Å². The van der Waals surface area contributed by atoms with Gasteiger partial charge in [-0.2, -0.15) is 5.26 Å². The van der Waals surface area contributed by atoms with Crippen LogP contribution in [-0.2, 0) is 11.3 Å². The average molecular weight is 346 g/mol. The second-order valence-electron chi connectivity index (χ2n) is 4.19. The van der Waals surface area contributed by atoms with E-state index in [2.05, 4.69) is 22.0 Å². The van der Waals surface area contributed by atoms with E-state index in [1.165, 1.54) is 7.11 Å². The van der Waals surface area contributed by atoms with Gasteiger partial charge in [-0.05, 0) is 40.2 Å². The van der Waals surface area contributed by atoms with Crippen molar-refractivity contribution in [2.24, 2.45) is 0 Å². The Kier molecular flexibility index (Phi) is 4.96. The summed E-state index contributed by atoms with van der Waals surface area (Å²) in [5.74, 6) is 0.0936. The predicted octanol–water partition coefficient (Wildman–Crippen LogP) is 3.69. The van der Waals surface area contributed by atoms with Crippen LogP contribution in [0, 0.1) is 11.3 Å². The molecule has 0 aliphatic heterocycles. The van der Waals surface area contributed by atoms with Gasteiger partial charge in [0.1, 0.15) is 12.4 Å². The number of carbonyl (C=O) groups is 1. The molecule has 0 radical (unpaired) electrons. The van der Waals surface area contributed by atoms with Crippen molar-refractivity contribution in [2.75, 3.05) is 7.11 Å². The molecule has 2 aromatic carbocycles. The first-order valence-electron chi connectivity index (χ1n) is 6.14. The first-order chi connectivity index (χ1) is 10.2. The summed E-state index contributed by atoms with van der Waals surface area (Å²) in [7, 11) is 1.53. The Bertz CT molecular complexity index is 707. The smallest absolute Gasteiger partial charge is 0.339 e. The maximum atomic E-state index is 12.1. The number of nitriles is 1. The van der Waals surface area contributed by atoms with Crippen molar-refractivity contribution in [3.8, 4) is 11.8 Å². The molecule has 0 saturated heterocycles. The third kappa shape index (κ3) is 3.61. The zero-order valence-electron chi connectivity index (χ0n) is 11.3. The number of carbonyl (C=O) groups excluding carboxylic acids is 1. The Morgan fingerprint density at radius 3 is 2.76 bits per heavy atom. The lowest BCUT2D eigenvalue weighted by Crippen LogP contribution is -2.07. The molecular weight excluding hydrogens is 334 g/mol. The number of hydrogen-bond acceptors (Lipinski definition) is 4. The molecule has 0 spiro atoms. The number of methoxy groups -OCH3 is 1. The van der Waals surface area contributed by atoms with Gasteiger partial charge in [0.2, 0.25) is 0 Å². The van der Waals surface area contributed by atoms with Crippen LogP contribution in [0.15, 0.2) is 46.9 Å². The summed E-state index contributed by atoms with van der Waals surface area (Å²) in [5.41, 5.74) is 1.55. The number of halogens is 1. The van der Waals surface area contributed by atoms with Crippen molar-refractivity contribution in [3.63, 3.8) is 0 Å². The average Bonchev–Trinajstić information content (AvgIpc) is 2.53. The standard InChI is InChI=1S/C16H12BrNO3/c1-20-13-6-7-15(17)14(8-13)16(19)21-10-12-5-3-2-4-11(12)9-18/h2-8H,10H2,1H3. The molecule has 106 valence electrons. The van der Waals surface area contributed by atoms with Crippen LogP contribution in [0.4, 0.5) is 0 Å². The highest BCUT2D eigenvalue weighted by Gasteiger charge is 2.13. The largest absolute Gasteiger partial charge is 0.497 e. The van der Waals surface area contributed by atoms with E-state index < -0.39 is 5.97 Å². The number of rotatable bonds is 4. The maximum Gasteiger partial charge on any atom is 0.339 e. The molecule has 0 aromatic heterocycles. The second kappa shape index (κ2) is 6.91. The second-order valence-corrected chi connectivity index (χ2v) is 5.05. The van der Waals surface area contributed by atoms with Crippen LogP contribution in [-0.4, -0.2) is 13.1 Å². The molecule has 21 heavy (non-hydrogen) atoms. The van der Waals surface area contributed by atoms with E-state index in [-0.39, 0.29) is 6.61 Å². The normalized spacial score (nSPS) is 9.76. The van der Waals surface area contributed by atoms with Crippen LogP contribution in [0.2, 0.25) is 0 Å². The lowest BCUT2D eigenvalue weighted by Gasteiger charge is -2.09. The van der Waals surface area contributed by atoms with E-state index in [0.717, 1.165) is 0 Å². The molecule has 0 saturated carbocycles. The molecule has 0 amide bonds. The number of hydrogen-bond donors (Lipinski definition) is 0. The number of ether oxygens (including phenoxy) is 2. The first kappa shape index (κ1) is 15.1. The fourth-order valence-electron chi connectivity index (χ4n) is 1.76. The van der Waals surface area contributed by atoms with E-state index in [0.29, 0.717) is 26.9 Å². The third-order valence-electron chi connectivity index (χ3n) is 2.89. The predicted molar refractivity (Wildman–Crippen MR) is 81.0 cm³/mol. The zero-order chi connectivity index (χ0) is 15.2. The highest BCUT2D eigenvalue weighted by molar-refractivity contribution is 9.10. The molecule has 0 bridgehead atoms. The van der Waals surface area contributed by atoms with Gasteiger partial charge < -0.3 is 9.47 Å². The quantitative estimate of drug-likeness (QED) is 0.793. The van der Waals surface area contributed by atoms with Gasteiger partial charge in [-0.25, -0.2) is 4.79 Å². The SMILES string of the molecule is COc1ccc(Br)c(C(=O)OCc2ccccc2C#N)c1. The van der Waals surface area contributed by atoms with E-state index in [1.54, 1.807) is 42.5 Å². The molecule has 2 aromatic rings. The minimum absolute atomic E-state index is 0.0478. The number of benzene rings is 2. The van der Waals surface area contributed by atoms with Gasteiger partial charge in [-0.3, -0.25) is 0 Å². The van der Waals surface area contributed by atoms with Crippen LogP contribution in [0.5, 0.6) is 5.75 Å². The molecule has 5 heteroatoms. The Balaban J connectivity index is 2.14. The molecule has 0 heterocycles. The molecule has 0 atom stereocenters. The summed E-state index contributed by atoms with van der Waals surface area (Å²) in [6.07, 6.45) is 0. The van der Waals surface area contributed by atoms with Crippen molar-refractivity contribution >= 4 is 21.9 Å². The Labute approximate surface area is 131 Å². The number of esters is 1. The van der Waals surface area contributed by atoms with Crippen molar-refractivity contribution in [1.82, 2.24) is 0 Å². The first-order valence-corrected chi connectivity index (χ1v) is 6.93. The van der Waals surface area contributed by atoms with Crippen molar-refractivity contribution < 1.29 is 14.3 Å². The lowest BCUT2D eigenvalue weighted by molar-refractivity contribution is 0.0471. The molecule has 0 N–H and O–H groups in total. The molecule has 0 unspecified atom stereocenters. The maximum absolute atomic E-state index is 12.1. The Morgan fingerprint density at radius 2 is 2.05 bits per heavy atom. The molecule has 0 aliphatic rings. The summed E-state index contributed by atoms with van der Waals surface area (Å²) in [4.78, 5) is 12.1. The van der Waals surface area contributed by atoms with Crippen LogP contribution in [0.1, 0.15) is 21.5 Å². The highest BCUT2D eigenvalue weighted by atomic mass is 79.9. The molecule has 0 fully saturated rings. The van der Waals surface area contributed by atoms with Crippen molar-refractivity contribution in [3.05, 3.63) is 63.6 Å². The van der Waals surface area contributed by atoms with Gasteiger partial charge in [0.25, 0.3) is 0 Å². The van der Waals surface area contributed by atoms with Gasteiger partial charge in [0.05, 0.1) is 24.3 Å². The fourth-order valence-corrected chi connectivity index (χ4v) is 2.17. The van der Waals surface area contributed by atoms with Crippen LogP contribution in [0.25, 0.3) is 0 Å². The third-order valence-corrected chi connectivity index (χ3v) is 3.58. The highest BCUT2D eigenvalue weighted by Crippen LogP contribution is 2.23. The zero-order valence-corrected chi connectivity index (χ0v) is 12.9. The van der Waals surface area contributed by atoms with Gasteiger partial charge in [-0.1, -0.05) is 18.2 Å². The summed E-state index contributed by atoms with van der Waals surface area (Å²) in [6.45, 7) is 0.0478. The van der Waals surface area contributed by atoms with E-state index in [4.69, 9.17) is 14.7 Å². The van der Waals surface area contributed by atoms with Crippen LogP contribution in [0.3, 0.4) is 0 Å². The fraction of sp³-hybridized carbons (Fsp3) is 0.125. The van der Waals surface area contributed by atoms with Gasteiger partial charge >= 0.3 is 5.97 Å². The number of nitrogens with zero attached hydrogens (tertiary/aromatic N) is 1. The monoisotopic (exact) mass is 345 g/mol. The summed E-state index contributed by atoms with van der Waals surface area (Å²) >= 11 is 3.31. The van der Waals surface area contributed by atoms with E-state index in [9.17, 15) is 4.79 Å². The lowest BCUT2D eigenvalue weighted by atomic mass is 10.1. The molecule has 2 rings (SSSR count). The van der Waals surface area contributed by atoms with Crippen molar-refractivity contribution in [2.45, 2.75) is 6.61 Å². The summed E-state index contributed by atoms with van der Waals surface area (Å²) in [5, 5.41) is 9.00. The van der Waals surface area contributed by atoms with Gasteiger partial charge in [0, 0.05) is 10.0 Å². The molecule has 0 aliphatic carbocycles. The Morgan fingerprint density at radius 1 is 1.29 bits per heavy atom. The van der Waals surface area contributed by atoms with Crippen molar-refractivity contribution in [1.29, 1.82) is 5.26 Å². The molecule has 4 nitrogen and oxygen atoms in total. The Hall–Kier alpha value is -2.32. The van der Waals surface area contributed by atoms with Gasteiger partial charge in [-0.15, -0.1) is 0 Å². The van der Waals surface area contributed by atoms with E-state index >= 15 is 0 Å². The topological polar surface area (TPSA) is 59.3 Å². The minimum atomic E-state index is -0.478. The van der Waals surface area contributed by atoms with Crippen LogP contribution >= 0.6 is 15.9 Å². The minimum Gasteiger partial charge on any atom is -0.497 e.